The zero-order chi connectivity index (χ0) is 21.0. The number of benzene rings is 3. The Kier molecular flexibility index (Phi) is 5.87. The van der Waals surface area contributed by atoms with Crippen molar-refractivity contribution < 1.29 is 4.18 Å². The van der Waals surface area contributed by atoms with Crippen LogP contribution in [-0.2, 0) is 6.54 Å². The van der Waals surface area contributed by atoms with E-state index in [2.05, 4.69) is 101 Å². The number of para-hydroxylation sites is 1. The molecule has 0 unspecified atom stereocenters. The molecule has 1 fully saturated rings. The molecule has 0 aliphatic carbocycles. The summed E-state index contributed by atoms with van der Waals surface area (Å²) in [4.78, 5) is 9.51. The molecule has 1 aliphatic rings. The van der Waals surface area contributed by atoms with Crippen molar-refractivity contribution in [3.63, 3.8) is 0 Å². The van der Waals surface area contributed by atoms with Gasteiger partial charge in [-0.25, -0.2) is 0 Å². The summed E-state index contributed by atoms with van der Waals surface area (Å²) >= 11 is 1.40. The van der Waals surface area contributed by atoms with Crippen molar-refractivity contribution in [2.75, 3.05) is 31.1 Å². The number of hydrogen-bond donors (Lipinski definition) is 1. The zero-order valence-electron chi connectivity index (χ0n) is 17.8. The third-order valence-corrected chi connectivity index (χ3v) is 6.64. The molecule has 158 valence electrons. The molecule has 0 bridgehead atoms. The fourth-order valence-corrected chi connectivity index (χ4v) is 4.62. The van der Waals surface area contributed by atoms with Crippen molar-refractivity contribution in [1.29, 1.82) is 0 Å². The Hall–Kier alpha value is -2.89. The van der Waals surface area contributed by atoms with Gasteiger partial charge in [0.1, 0.15) is 5.75 Å². The van der Waals surface area contributed by atoms with Crippen molar-refractivity contribution in [1.82, 2.24) is 9.88 Å². The number of aryl methyl sites for hydroxylation is 1. The SMILES string of the molecule is Cc1ccc(SOc2ccc(N3CCN(Cc4c[nH]c5ccccc45)CC3)cc2)cc1. The molecule has 2 heterocycles. The van der Waals surface area contributed by atoms with E-state index in [0.29, 0.717) is 0 Å². The van der Waals surface area contributed by atoms with Gasteiger partial charge in [-0.15, -0.1) is 0 Å². The number of rotatable bonds is 6. The summed E-state index contributed by atoms with van der Waals surface area (Å²) in [6, 6.07) is 25.4. The van der Waals surface area contributed by atoms with Crippen molar-refractivity contribution in [3.8, 4) is 5.75 Å². The third-order valence-electron chi connectivity index (χ3n) is 5.90. The maximum absolute atomic E-state index is 5.87. The molecule has 0 amide bonds. The molecule has 1 N–H and O–H groups in total. The predicted molar refractivity (Wildman–Crippen MR) is 130 cm³/mol. The first kappa shape index (κ1) is 20.0. The molecule has 31 heavy (non-hydrogen) atoms. The number of fused-ring (bicyclic) bond motifs is 1. The van der Waals surface area contributed by atoms with Gasteiger partial charge in [0.05, 0.1) is 12.0 Å². The second-order valence-corrected chi connectivity index (χ2v) is 8.90. The number of aromatic amines is 1. The largest absolute Gasteiger partial charge is 0.421 e. The number of aromatic nitrogens is 1. The molecule has 4 nitrogen and oxygen atoms in total. The predicted octanol–water partition coefficient (Wildman–Crippen LogP) is 5.88. The van der Waals surface area contributed by atoms with Crippen LogP contribution in [0.2, 0.25) is 0 Å². The van der Waals surface area contributed by atoms with Crippen molar-refractivity contribution in [2.24, 2.45) is 0 Å². The number of nitrogens with one attached hydrogen (secondary N) is 1. The van der Waals surface area contributed by atoms with Crippen molar-refractivity contribution in [2.45, 2.75) is 18.4 Å². The van der Waals surface area contributed by atoms with E-state index in [0.717, 1.165) is 43.4 Å². The van der Waals surface area contributed by atoms with Gasteiger partial charge >= 0.3 is 0 Å². The smallest absolute Gasteiger partial charge is 0.138 e. The Labute approximate surface area is 188 Å². The van der Waals surface area contributed by atoms with Gasteiger partial charge < -0.3 is 14.1 Å². The van der Waals surface area contributed by atoms with E-state index >= 15 is 0 Å². The molecule has 5 rings (SSSR count). The number of nitrogens with zero attached hydrogens (tertiary/aromatic N) is 2. The van der Waals surface area contributed by atoms with E-state index in [-0.39, 0.29) is 0 Å². The van der Waals surface area contributed by atoms with Crippen LogP contribution in [0, 0.1) is 6.92 Å². The van der Waals surface area contributed by atoms with Gasteiger partial charge in [-0.3, -0.25) is 4.90 Å². The van der Waals surface area contributed by atoms with E-state index in [1.54, 1.807) is 0 Å². The van der Waals surface area contributed by atoms with Crippen LogP contribution in [0.25, 0.3) is 10.9 Å². The van der Waals surface area contributed by atoms with E-state index in [1.807, 2.05) is 0 Å². The maximum atomic E-state index is 5.87. The molecule has 5 heteroatoms. The van der Waals surface area contributed by atoms with E-state index in [1.165, 1.54) is 39.8 Å². The molecule has 0 atom stereocenters. The van der Waals surface area contributed by atoms with Gasteiger partial charge in [-0.1, -0.05) is 35.9 Å². The fourth-order valence-electron chi connectivity index (χ4n) is 4.07. The maximum Gasteiger partial charge on any atom is 0.138 e. The topological polar surface area (TPSA) is 31.5 Å². The number of hydrogen-bond acceptors (Lipinski definition) is 4. The second kappa shape index (κ2) is 9.08. The first-order valence-electron chi connectivity index (χ1n) is 10.8. The van der Waals surface area contributed by atoms with Crippen LogP contribution in [0.1, 0.15) is 11.1 Å². The normalized spacial score (nSPS) is 14.8. The highest BCUT2D eigenvalue weighted by atomic mass is 32.2. The molecule has 0 spiro atoms. The fraction of sp³-hybridized carbons (Fsp3) is 0.231. The summed E-state index contributed by atoms with van der Waals surface area (Å²) in [5.74, 6) is 0.882. The monoisotopic (exact) mass is 429 g/mol. The minimum absolute atomic E-state index is 0.882. The van der Waals surface area contributed by atoms with Crippen LogP contribution < -0.4 is 9.08 Å². The number of anilines is 1. The quantitative estimate of drug-likeness (QED) is 0.388. The summed E-state index contributed by atoms with van der Waals surface area (Å²) in [5, 5.41) is 1.34. The standard InChI is InChI=1S/C26H27N3OS/c1-20-6-12-24(13-7-20)31-30-23-10-8-22(9-11-23)29-16-14-28(15-17-29)19-21-18-27-26-5-3-2-4-25(21)26/h2-13,18,27H,14-17,19H2,1H3. The van der Waals surface area contributed by atoms with Crippen LogP contribution >= 0.6 is 12.0 Å². The van der Waals surface area contributed by atoms with Gasteiger partial charge in [0.25, 0.3) is 0 Å². The van der Waals surface area contributed by atoms with Crippen LogP contribution in [-0.4, -0.2) is 36.1 Å². The van der Waals surface area contributed by atoms with Crippen LogP contribution in [0.4, 0.5) is 5.69 Å². The van der Waals surface area contributed by atoms with Crippen molar-refractivity contribution >= 4 is 28.6 Å². The minimum atomic E-state index is 0.882. The molecular weight excluding hydrogens is 402 g/mol. The van der Waals surface area contributed by atoms with Gasteiger partial charge in [-0.05, 0) is 55.0 Å². The third kappa shape index (κ3) is 4.73. The number of H-pyrrole nitrogens is 1. The summed E-state index contributed by atoms with van der Waals surface area (Å²) in [6.45, 7) is 7.32. The first-order valence-corrected chi connectivity index (χ1v) is 11.5. The molecular formula is C26H27N3OS. The van der Waals surface area contributed by atoms with Crippen LogP contribution in [0.5, 0.6) is 5.75 Å². The van der Waals surface area contributed by atoms with Crippen LogP contribution in [0.15, 0.2) is 83.9 Å². The summed E-state index contributed by atoms with van der Waals surface area (Å²) in [6.07, 6.45) is 2.16. The van der Waals surface area contributed by atoms with E-state index in [4.69, 9.17) is 4.18 Å². The van der Waals surface area contributed by atoms with Gasteiger partial charge in [-0.2, -0.15) is 0 Å². The highest BCUT2D eigenvalue weighted by Crippen LogP contribution is 2.27. The van der Waals surface area contributed by atoms with Crippen LogP contribution in [0.3, 0.4) is 0 Å². The highest BCUT2D eigenvalue weighted by Gasteiger charge is 2.18. The average molecular weight is 430 g/mol. The molecule has 4 aromatic rings. The Bertz CT molecular complexity index is 1130. The average Bonchev–Trinajstić information content (AvgIpc) is 3.22. The Morgan fingerprint density at radius 1 is 0.871 bits per heavy atom. The van der Waals surface area contributed by atoms with E-state index in [9.17, 15) is 0 Å². The lowest BCUT2D eigenvalue weighted by Gasteiger charge is -2.36. The minimum Gasteiger partial charge on any atom is -0.421 e. The first-order chi connectivity index (χ1) is 15.2. The summed E-state index contributed by atoms with van der Waals surface area (Å²) in [7, 11) is 0. The Balaban J connectivity index is 1.14. The summed E-state index contributed by atoms with van der Waals surface area (Å²) in [5.41, 5.74) is 5.13. The lowest BCUT2D eigenvalue weighted by molar-refractivity contribution is 0.250. The molecule has 1 aromatic heterocycles. The molecule has 3 aromatic carbocycles. The molecule has 1 saturated heterocycles. The van der Waals surface area contributed by atoms with Gasteiger partial charge in [0.15, 0.2) is 0 Å². The molecule has 0 radical (unpaired) electrons. The number of piperazine rings is 1. The second-order valence-electron chi connectivity index (χ2n) is 8.10. The highest BCUT2D eigenvalue weighted by molar-refractivity contribution is 7.95. The Morgan fingerprint density at radius 2 is 1.61 bits per heavy atom. The van der Waals surface area contributed by atoms with Gasteiger partial charge in [0.2, 0.25) is 0 Å². The lowest BCUT2D eigenvalue weighted by Crippen LogP contribution is -2.45. The lowest BCUT2D eigenvalue weighted by atomic mass is 10.1. The van der Waals surface area contributed by atoms with E-state index < -0.39 is 0 Å². The summed E-state index contributed by atoms with van der Waals surface area (Å²) < 4.78 is 5.87. The Morgan fingerprint density at radius 3 is 2.39 bits per heavy atom. The molecule has 1 aliphatic heterocycles. The van der Waals surface area contributed by atoms with Gasteiger partial charge in [0, 0.05) is 60.4 Å². The zero-order valence-corrected chi connectivity index (χ0v) is 18.6. The van der Waals surface area contributed by atoms with Crippen molar-refractivity contribution in [3.05, 3.63) is 90.1 Å². The molecule has 0 saturated carbocycles.